The lowest BCUT2D eigenvalue weighted by atomic mass is 9.92. The minimum Gasteiger partial charge on any atom is -0.493 e. The van der Waals surface area contributed by atoms with Gasteiger partial charge in [-0.25, -0.2) is 8.78 Å². The molecule has 2 aromatic carbocycles. The molecule has 0 unspecified atom stereocenters. The smallest absolute Gasteiger partial charge is 0.303 e. The van der Waals surface area contributed by atoms with Crippen molar-refractivity contribution in [2.75, 3.05) is 25.1 Å². The third-order valence-corrected chi connectivity index (χ3v) is 5.49. The van der Waals surface area contributed by atoms with Crippen molar-refractivity contribution < 1.29 is 28.2 Å². The Hall–Kier alpha value is -2.83. The molecule has 0 bridgehead atoms. The molecule has 154 valence electrons. The minimum absolute atomic E-state index is 0.00555. The first kappa shape index (κ1) is 19.5. The van der Waals surface area contributed by atoms with Crippen LogP contribution in [0.4, 0.5) is 14.5 Å². The van der Waals surface area contributed by atoms with Gasteiger partial charge >= 0.3 is 5.97 Å². The summed E-state index contributed by atoms with van der Waals surface area (Å²) in [7, 11) is 1.56. The van der Waals surface area contributed by atoms with Crippen LogP contribution in [0.2, 0.25) is 0 Å². The lowest BCUT2D eigenvalue weighted by Crippen LogP contribution is -2.48. The zero-order valence-corrected chi connectivity index (χ0v) is 16.6. The Kier molecular flexibility index (Phi) is 4.63. The van der Waals surface area contributed by atoms with Crippen molar-refractivity contribution in [3.05, 3.63) is 41.5 Å². The van der Waals surface area contributed by atoms with Crippen molar-refractivity contribution in [1.29, 1.82) is 0 Å². The molecule has 0 amide bonds. The number of hydrogen-bond acceptors (Lipinski definition) is 4. The summed E-state index contributed by atoms with van der Waals surface area (Å²) in [6.07, 6.45) is 0.606. The molecule has 4 rings (SSSR count). The number of benzene rings is 2. The maximum Gasteiger partial charge on any atom is 0.303 e. The lowest BCUT2D eigenvalue weighted by molar-refractivity contribution is -0.138. The number of carboxylic acid groups (broad SMARTS) is 1. The van der Waals surface area contributed by atoms with E-state index in [-0.39, 0.29) is 18.0 Å². The Balaban J connectivity index is 1.67. The van der Waals surface area contributed by atoms with Gasteiger partial charge in [-0.15, -0.1) is 0 Å². The summed E-state index contributed by atoms with van der Waals surface area (Å²) in [5, 5.41) is 8.84. The number of nitrogens with zero attached hydrogens (tertiary/aromatic N) is 1. The summed E-state index contributed by atoms with van der Waals surface area (Å²) in [5.74, 6) is -1.09. The fraction of sp³-hybridized carbons (Fsp3) is 0.409. The molecular weight excluding hydrogens is 380 g/mol. The number of ether oxygens (including phenoxy) is 2. The number of rotatable bonds is 5. The van der Waals surface area contributed by atoms with Gasteiger partial charge in [0.2, 0.25) is 0 Å². The van der Waals surface area contributed by atoms with E-state index in [4.69, 9.17) is 14.6 Å². The van der Waals surface area contributed by atoms with Crippen LogP contribution in [0, 0.1) is 17.6 Å². The van der Waals surface area contributed by atoms with Crippen LogP contribution in [0.25, 0.3) is 11.1 Å². The number of halogens is 2. The Labute approximate surface area is 167 Å². The first-order valence-electron chi connectivity index (χ1n) is 9.53. The van der Waals surface area contributed by atoms with Crippen LogP contribution < -0.4 is 14.4 Å². The van der Waals surface area contributed by atoms with Crippen molar-refractivity contribution in [3.8, 4) is 22.6 Å². The van der Waals surface area contributed by atoms with E-state index in [0.29, 0.717) is 42.1 Å². The van der Waals surface area contributed by atoms with Crippen molar-refractivity contribution >= 4 is 11.7 Å². The molecule has 2 aliphatic heterocycles. The normalized spacial score (nSPS) is 17.5. The molecule has 2 aliphatic rings. The molecule has 1 saturated heterocycles. The molecule has 0 aromatic heterocycles. The van der Waals surface area contributed by atoms with Gasteiger partial charge in [0.15, 0.2) is 11.5 Å². The predicted molar refractivity (Wildman–Crippen MR) is 105 cm³/mol. The van der Waals surface area contributed by atoms with Crippen LogP contribution in [-0.4, -0.2) is 36.9 Å². The Bertz CT molecular complexity index is 960. The third-order valence-electron chi connectivity index (χ3n) is 5.49. The summed E-state index contributed by atoms with van der Waals surface area (Å²) in [4.78, 5) is 12.3. The van der Waals surface area contributed by atoms with E-state index in [1.54, 1.807) is 24.1 Å². The number of hydrogen-bond donors (Lipinski definition) is 1. The molecular formula is C22H23F2NO4. The number of methoxy groups -OCH3 is 1. The van der Waals surface area contributed by atoms with Crippen molar-refractivity contribution in [2.45, 2.75) is 32.3 Å². The predicted octanol–water partition coefficient (Wildman–Crippen LogP) is 4.26. The molecule has 2 aromatic rings. The average Bonchev–Trinajstić information content (AvgIpc) is 2.92. The van der Waals surface area contributed by atoms with Gasteiger partial charge in [0, 0.05) is 31.0 Å². The van der Waals surface area contributed by atoms with Gasteiger partial charge in [-0.1, -0.05) is 6.07 Å². The molecule has 0 aliphatic carbocycles. The molecule has 1 N–H and O–H groups in total. The van der Waals surface area contributed by atoms with E-state index in [0.717, 1.165) is 5.56 Å². The highest BCUT2D eigenvalue weighted by atomic mass is 19.1. The second-order valence-corrected chi connectivity index (χ2v) is 8.32. The Morgan fingerprint density at radius 1 is 1.28 bits per heavy atom. The van der Waals surface area contributed by atoms with Crippen LogP contribution in [0.1, 0.15) is 25.8 Å². The highest BCUT2D eigenvalue weighted by molar-refractivity contribution is 5.76. The van der Waals surface area contributed by atoms with E-state index in [2.05, 4.69) is 0 Å². The van der Waals surface area contributed by atoms with Gasteiger partial charge < -0.3 is 19.5 Å². The van der Waals surface area contributed by atoms with E-state index >= 15 is 0 Å². The van der Waals surface area contributed by atoms with Crippen molar-refractivity contribution in [1.82, 2.24) is 0 Å². The van der Waals surface area contributed by atoms with Gasteiger partial charge in [-0.2, -0.15) is 0 Å². The van der Waals surface area contributed by atoms with Gasteiger partial charge in [0.25, 0.3) is 0 Å². The molecule has 1 fully saturated rings. The summed E-state index contributed by atoms with van der Waals surface area (Å²) < 4.78 is 41.1. The molecule has 0 atom stereocenters. The summed E-state index contributed by atoms with van der Waals surface area (Å²) in [6.45, 7) is 4.58. The van der Waals surface area contributed by atoms with Crippen LogP contribution >= 0.6 is 0 Å². The molecule has 0 radical (unpaired) electrons. The van der Waals surface area contributed by atoms with Gasteiger partial charge in [-0.05, 0) is 43.2 Å². The molecule has 2 heterocycles. The molecule has 29 heavy (non-hydrogen) atoms. The van der Waals surface area contributed by atoms with E-state index in [1.807, 2.05) is 13.8 Å². The second-order valence-electron chi connectivity index (χ2n) is 8.32. The Morgan fingerprint density at radius 3 is 2.52 bits per heavy atom. The third kappa shape index (κ3) is 3.50. The van der Waals surface area contributed by atoms with Crippen LogP contribution in [0.5, 0.6) is 11.5 Å². The first-order valence-corrected chi connectivity index (χ1v) is 9.53. The maximum atomic E-state index is 14.9. The molecule has 5 nitrogen and oxygen atoms in total. The topological polar surface area (TPSA) is 59.0 Å². The van der Waals surface area contributed by atoms with E-state index < -0.39 is 23.2 Å². The van der Waals surface area contributed by atoms with Crippen molar-refractivity contribution in [3.63, 3.8) is 0 Å². The first-order chi connectivity index (χ1) is 13.7. The van der Waals surface area contributed by atoms with Gasteiger partial charge in [0.1, 0.15) is 22.9 Å². The van der Waals surface area contributed by atoms with Gasteiger partial charge in [-0.3, -0.25) is 4.79 Å². The maximum absolute atomic E-state index is 14.9. The molecule has 0 saturated carbocycles. The number of carbonyl (C=O) groups is 1. The van der Waals surface area contributed by atoms with E-state index in [9.17, 15) is 13.6 Å². The zero-order valence-electron chi connectivity index (χ0n) is 16.6. The standard InChI is InChI=1S/C22H23F2NO4/c1-22(2)9-15-14(4-5-18(28-3)21(15)29-22)13-7-16(23)20(17(24)8-13)25-10-12(11-25)6-19(26)27/h4-5,7-8,12H,6,9-11H2,1-3H3,(H,26,27). The van der Waals surface area contributed by atoms with Gasteiger partial charge in [0.05, 0.1) is 13.5 Å². The van der Waals surface area contributed by atoms with E-state index in [1.165, 1.54) is 12.1 Å². The van der Waals surface area contributed by atoms with Crippen LogP contribution in [0.3, 0.4) is 0 Å². The number of aliphatic carboxylic acids is 1. The number of fused-ring (bicyclic) bond motifs is 1. The average molecular weight is 403 g/mol. The van der Waals surface area contributed by atoms with Crippen molar-refractivity contribution in [2.24, 2.45) is 5.92 Å². The SMILES string of the molecule is COc1ccc(-c2cc(F)c(N3CC(CC(=O)O)C3)c(F)c2)c2c1OC(C)(C)C2. The summed E-state index contributed by atoms with van der Waals surface area (Å²) in [5.41, 5.74) is 1.48. The molecule has 7 heteroatoms. The fourth-order valence-corrected chi connectivity index (χ4v) is 4.21. The second kappa shape index (κ2) is 6.90. The highest BCUT2D eigenvalue weighted by Crippen LogP contribution is 2.47. The van der Waals surface area contributed by atoms with Crippen LogP contribution in [-0.2, 0) is 11.2 Å². The monoisotopic (exact) mass is 403 g/mol. The summed E-state index contributed by atoms with van der Waals surface area (Å²) in [6, 6.07) is 6.20. The zero-order chi connectivity index (χ0) is 20.9. The highest BCUT2D eigenvalue weighted by Gasteiger charge is 2.36. The molecule has 0 spiro atoms. The number of carboxylic acids is 1. The minimum atomic E-state index is -0.899. The quantitative estimate of drug-likeness (QED) is 0.808. The number of anilines is 1. The Morgan fingerprint density at radius 2 is 1.93 bits per heavy atom. The summed E-state index contributed by atoms with van der Waals surface area (Å²) >= 11 is 0. The fourth-order valence-electron chi connectivity index (χ4n) is 4.21. The van der Waals surface area contributed by atoms with Crippen LogP contribution in [0.15, 0.2) is 24.3 Å². The lowest BCUT2D eigenvalue weighted by Gasteiger charge is -2.40. The largest absolute Gasteiger partial charge is 0.493 e.